The summed E-state index contributed by atoms with van der Waals surface area (Å²) in [4.78, 5) is 2.69. The zero-order valence-electron chi connectivity index (χ0n) is 13.0. The van der Waals surface area contributed by atoms with Crippen molar-refractivity contribution in [2.75, 3.05) is 27.7 Å². The van der Waals surface area contributed by atoms with Gasteiger partial charge in [-0.15, -0.1) is 11.8 Å². The second kappa shape index (κ2) is 8.11. The van der Waals surface area contributed by atoms with Crippen molar-refractivity contribution in [2.45, 2.75) is 16.6 Å². The van der Waals surface area contributed by atoms with E-state index in [9.17, 15) is 0 Å². The van der Waals surface area contributed by atoms with Gasteiger partial charge in [0, 0.05) is 16.6 Å². The standard InChI is InChI=1S/C18H23NOS/c1-19(2)14-13-17(15-9-5-4-6-10-15)21-18-12-8-7-11-16(18)20-3/h4-12,17H,13-14H2,1-3H3/p+1/t17-/m0/s1. The van der Waals surface area contributed by atoms with Crippen LogP contribution in [0.4, 0.5) is 0 Å². The molecule has 0 unspecified atom stereocenters. The smallest absolute Gasteiger partial charge is 0.132 e. The SMILES string of the molecule is COc1ccccc1S[C@@H](CC[NH+](C)C)c1ccccc1. The van der Waals surface area contributed by atoms with Gasteiger partial charge in [0.15, 0.2) is 0 Å². The first-order valence-corrected chi connectivity index (χ1v) is 8.22. The van der Waals surface area contributed by atoms with Gasteiger partial charge in [-0.2, -0.15) is 0 Å². The summed E-state index contributed by atoms with van der Waals surface area (Å²) in [7, 11) is 6.15. The average Bonchev–Trinajstić information content (AvgIpc) is 2.52. The molecular weight excluding hydrogens is 278 g/mol. The number of hydrogen-bond acceptors (Lipinski definition) is 2. The summed E-state index contributed by atoms with van der Waals surface area (Å²) in [6, 6.07) is 19.0. The largest absolute Gasteiger partial charge is 0.496 e. The van der Waals surface area contributed by atoms with Gasteiger partial charge >= 0.3 is 0 Å². The van der Waals surface area contributed by atoms with Gasteiger partial charge < -0.3 is 9.64 Å². The summed E-state index contributed by atoms with van der Waals surface area (Å²) in [5.74, 6) is 0.959. The van der Waals surface area contributed by atoms with E-state index < -0.39 is 0 Å². The highest BCUT2D eigenvalue weighted by molar-refractivity contribution is 7.99. The summed E-state index contributed by atoms with van der Waals surface area (Å²) in [5, 5.41) is 0.456. The Balaban J connectivity index is 2.19. The molecular formula is C18H24NOS+. The third kappa shape index (κ3) is 4.80. The van der Waals surface area contributed by atoms with Crippen molar-refractivity contribution in [2.24, 2.45) is 0 Å². The number of rotatable bonds is 7. The van der Waals surface area contributed by atoms with Crippen molar-refractivity contribution in [1.29, 1.82) is 0 Å². The van der Waals surface area contributed by atoms with Crippen LogP contribution in [0, 0.1) is 0 Å². The van der Waals surface area contributed by atoms with Crippen molar-refractivity contribution in [1.82, 2.24) is 0 Å². The Morgan fingerprint density at radius 2 is 1.67 bits per heavy atom. The second-order valence-corrected chi connectivity index (χ2v) is 6.66. The summed E-state index contributed by atoms with van der Waals surface area (Å²) in [5.41, 5.74) is 1.38. The van der Waals surface area contributed by atoms with E-state index >= 15 is 0 Å². The normalized spacial score (nSPS) is 12.4. The molecule has 2 aromatic carbocycles. The first-order valence-electron chi connectivity index (χ1n) is 7.34. The van der Waals surface area contributed by atoms with Gasteiger partial charge in [0.05, 0.1) is 27.7 Å². The lowest BCUT2D eigenvalue weighted by atomic mass is 10.1. The molecule has 0 saturated carbocycles. The first kappa shape index (κ1) is 15.9. The van der Waals surface area contributed by atoms with Gasteiger partial charge in [0.2, 0.25) is 0 Å². The Labute approximate surface area is 132 Å². The molecule has 0 fully saturated rings. The highest BCUT2D eigenvalue weighted by Crippen LogP contribution is 2.41. The minimum absolute atomic E-state index is 0.456. The van der Waals surface area contributed by atoms with Gasteiger partial charge in [-0.25, -0.2) is 0 Å². The monoisotopic (exact) mass is 302 g/mol. The van der Waals surface area contributed by atoms with Gasteiger partial charge in [0.1, 0.15) is 5.75 Å². The van der Waals surface area contributed by atoms with Crippen LogP contribution < -0.4 is 9.64 Å². The zero-order valence-corrected chi connectivity index (χ0v) is 13.8. The molecule has 0 saturated heterocycles. The molecule has 0 radical (unpaired) electrons. The molecule has 2 aromatic rings. The minimum Gasteiger partial charge on any atom is -0.496 e. The average molecular weight is 302 g/mol. The van der Waals surface area contributed by atoms with Crippen LogP contribution in [0.2, 0.25) is 0 Å². The van der Waals surface area contributed by atoms with E-state index in [2.05, 4.69) is 56.6 Å². The number of methoxy groups -OCH3 is 1. The number of benzene rings is 2. The summed E-state index contributed by atoms with van der Waals surface area (Å²) >= 11 is 1.90. The quantitative estimate of drug-likeness (QED) is 0.790. The maximum absolute atomic E-state index is 5.48. The molecule has 1 atom stereocenters. The van der Waals surface area contributed by atoms with Gasteiger partial charge in [-0.3, -0.25) is 0 Å². The van der Waals surface area contributed by atoms with Gasteiger partial charge in [-0.05, 0) is 17.7 Å². The third-order valence-corrected chi connectivity index (χ3v) is 4.80. The lowest BCUT2D eigenvalue weighted by Crippen LogP contribution is -3.05. The Bertz CT molecular complexity index is 542. The number of nitrogens with one attached hydrogen (secondary N) is 1. The van der Waals surface area contributed by atoms with Crippen molar-refractivity contribution in [3.63, 3.8) is 0 Å². The molecule has 0 amide bonds. The number of hydrogen-bond donors (Lipinski definition) is 1. The van der Waals surface area contributed by atoms with Crippen molar-refractivity contribution >= 4 is 11.8 Å². The summed E-state index contributed by atoms with van der Waals surface area (Å²) < 4.78 is 5.48. The molecule has 2 rings (SSSR count). The van der Waals surface area contributed by atoms with Crippen LogP contribution in [-0.2, 0) is 0 Å². The van der Waals surface area contributed by atoms with Gasteiger partial charge in [0.25, 0.3) is 0 Å². The highest BCUT2D eigenvalue weighted by Gasteiger charge is 2.16. The maximum atomic E-state index is 5.48. The van der Waals surface area contributed by atoms with Crippen molar-refractivity contribution in [3.8, 4) is 5.75 Å². The Hall–Kier alpha value is -1.45. The number of ether oxygens (including phenoxy) is 1. The molecule has 0 aliphatic carbocycles. The van der Waals surface area contributed by atoms with Crippen molar-refractivity contribution < 1.29 is 9.64 Å². The minimum atomic E-state index is 0.456. The molecule has 1 N–H and O–H groups in total. The van der Waals surface area contributed by atoms with E-state index in [1.807, 2.05) is 23.9 Å². The number of para-hydroxylation sites is 1. The molecule has 3 heteroatoms. The van der Waals surface area contributed by atoms with E-state index in [-0.39, 0.29) is 0 Å². The Morgan fingerprint density at radius 1 is 1.00 bits per heavy atom. The van der Waals surface area contributed by atoms with Crippen LogP contribution in [0.25, 0.3) is 0 Å². The molecule has 21 heavy (non-hydrogen) atoms. The predicted octanol–water partition coefficient (Wildman–Crippen LogP) is 3.06. The third-order valence-electron chi connectivity index (χ3n) is 3.42. The van der Waals surface area contributed by atoms with Crippen molar-refractivity contribution in [3.05, 3.63) is 60.2 Å². The Kier molecular flexibility index (Phi) is 6.15. The molecule has 2 nitrogen and oxygen atoms in total. The lowest BCUT2D eigenvalue weighted by Gasteiger charge is -2.19. The Morgan fingerprint density at radius 3 is 2.33 bits per heavy atom. The van der Waals surface area contributed by atoms with Crippen LogP contribution >= 0.6 is 11.8 Å². The van der Waals surface area contributed by atoms with E-state index in [0.717, 1.165) is 18.7 Å². The van der Waals surface area contributed by atoms with Crippen LogP contribution in [0.15, 0.2) is 59.5 Å². The predicted molar refractivity (Wildman–Crippen MR) is 90.3 cm³/mol. The highest BCUT2D eigenvalue weighted by atomic mass is 32.2. The van der Waals surface area contributed by atoms with Crippen LogP contribution in [-0.4, -0.2) is 27.7 Å². The summed E-state index contributed by atoms with van der Waals surface area (Å²) in [6.07, 6.45) is 1.15. The van der Waals surface area contributed by atoms with E-state index in [4.69, 9.17) is 4.74 Å². The van der Waals surface area contributed by atoms with Gasteiger partial charge in [-0.1, -0.05) is 42.5 Å². The van der Waals surface area contributed by atoms with E-state index in [0.29, 0.717) is 5.25 Å². The molecule has 0 bridgehead atoms. The van der Waals surface area contributed by atoms with Crippen LogP contribution in [0.3, 0.4) is 0 Å². The fourth-order valence-electron chi connectivity index (χ4n) is 2.25. The molecule has 0 aliphatic heterocycles. The molecule has 0 spiro atoms. The summed E-state index contributed by atoms with van der Waals surface area (Å²) in [6.45, 7) is 1.15. The fourth-order valence-corrected chi connectivity index (χ4v) is 3.51. The number of quaternary nitrogens is 1. The lowest BCUT2D eigenvalue weighted by molar-refractivity contribution is -0.858. The topological polar surface area (TPSA) is 13.7 Å². The zero-order chi connectivity index (χ0) is 15.1. The maximum Gasteiger partial charge on any atom is 0.132 e. The first-order chi connectivity index (χ1) is 10.2. The molecule has 0 heterocycles. The fraction of sp³-hybridized carbons (Fsp3) is 0.333. The van der Waals surface area contributed by atoms with Crippen LogP contribution in [0.1, 0.15) is 17.2 Å². The van der Waals surface area contributed by atoms with E-state index in [1.54, 1.807) is 7.11 Å². The second-order valence-electron chi connectivity index (χ2n) is 5.41. The molecule has 112 valence electrons. The molecule has 0 aromatic heterocycles. The van der Waals surface area contributed by atoms with E-state index in [1.165, 1.54) is 15.4 Å². The van der Waals surface area contributed by atoms with Crippen LogP contribution in [0.5, 0.6) is 5.75 Å². The number of thioether (sulfide) groups is 1. The molecule has 0 aliphatic rings.